The number of hydrogen-bond acceptors (Lipinski definition) is 9. The number of ether oxygens (including phenoxy) is 4. The zero-order valence-electron chi connectivity index (χ0n) is 30.4. The van der Waals surface area contributed by atoms with Gasteiger partial charge in [0.15, 0.2) is 6.23 Å². The van der Waals surface area contributed by atoms with Gasteiger partial charge >= 0.3 is 6.09 Å². The first-order valence-corrected chi connectivity index (χ1v) is 17.8. The van der Waals surface area contributed by atoms with Gasteiger partial charge in [0, 0.05) is 65.1 Å². The van der Waals surface area contributed by atoms with Crippen LogP contribution in [0, 0.1) is 0 Å². The Morgan fingerprint density at radius 2 is 1.80 bits per heavy atom. The Kier molecular flexibility index (Phi) is 9.38. The second-order valence-corrected chi connectivity index (χ2v) is 14.9. The molecule has 268 valence electrons. The fraction of sp³-hybridized carbons (Fsp3) is 0.568. The van der Waals surface area contributed by atoms with Crippen molar-refractivity contribution >= 4 is 29.1 Å². The largest absolute Gasteiger partial charge is 0.473 e. The molecule has 0 spiro atoms. The smallest absolute Gasteiger partial charge is 0.410 e. The molecule has 1 amide bonds. The summed E-state index contributed by atoms with van der Waals surface area (Å²) in [7, 11) is 5.97. The summed E-state index contributed by atoms with van der Waals surface area (Å²) in [6, 6.07) is 6.43. The van der Waals surface area contributed by atoms with Crippen molar-refractivity contribution in [2.75, 3.05) is 33.3 Å². The van der Waals surface area contributed by atoms with Crippen LogP contribution >= 0.6 is 0 Å². The molecular formula is C37H50N8O5. The van der Waals surface area contributed by atoms with E-state index in [9.17, 15) is 4.79 Å². The predicted molar refractivity (Wildman–Crippen MR) is 191 cm³/mol. The molecular weight excluding hydrogens is 636 g/mol. The maximum atomic E-state index is 12.7. The van der Waals surface area contributed by atoms with Crippen molar-refractivity contribution in [3.05, 3.63) is 41.3 Å². The predicted octanol–water partition coefficient (Wildman–Crippen LogP) is 6.03. The minimum atomic E-state index is -0.530. The number of piperidine rings is 1. The van der Waals surface area contributed by atoms with Gasteiger partial charge in [0.25, 0.3) is 0 Å². The van der Waals surface area contributed by atoms with Crippen molar-refractivity contribution in [1.82, 2.24) is 39.1 Å². The summed E-state index contributed by atoms with van der Waals surface area (Å²) < 4.78 is 30.8. The van der Waals surface area contributed by atoms with E-state index in [4.69, 9.17) is 29.1 Å². The van der Waals surface area contributed by atoms with Crippen molar-refractivity contribution in [3.63, 3.8) is 0 Å². The number of aromatic nitrogens is 6. The van der Waals surface area contributed by atoms with Crippen LogP contribution in [0.4, 0.5) is 4.79 Å². The van der Waals surface area contributed by atoms with Gasteiger partial charge in [-0.2, -0.15) is 10.2 Å². The quantitative estimate of drug-likeness (QED) is 0.255. The molecule has 1 aromatic carbocycles. The molecule has 3 aliphatic rings. The van der Waals surface area contributed by atoms with Gasteiger partial charge in [-0.15, -0.1) is 5.10 Å². The third-order valence-corrected chi connectivity index (χ3v) is 9.61. The molecule has 50 heavy (non-hydrogen) atoms. The highest BCUT2D eigenvalue weighted by Crippen LogP contribution is 2.36. The SMILES string of the molecule is C[C@H]1CN(C)Cc2c(c(OC3CCN(C(=O)OC(C)(C)C)CC3)nn2C)/C=C\c2nn(C3CCCCO3)c3ccc(cc23)-c2cnn(C)c2O1. The molecule has 0 saturated carbocycles. The van der Waals surface area contributed by atoms with E-state index in [0.717, 1.165) is 70.7 Å². The number of fused-ring (bicyclic) bond motifs is 4. The zero-order valence-corrected chi connectivity index (χ0v) is 30.4. The second kappa shape index (κ2) is 13.7. The Morgan fingerprint density at radius 1 is 1.00 bits per heavy atom. The fourth-order valence-corrected chi connectivity index (χ4v) is 7.14. The van der Waals surface area contributed by atoms with Crippen molar-refractivity contribution in [1.29, 1.82) is 0 Å². The van der Waals surface area contributed by atoms with Crippen LogP contribution in [0.3, 0.4) is 0 Å². The van der Waals surface area contributed by atoms with E-state index in [1.807, 2.05) is 50.4 Å². The van der Waals surface area contributed by atoms with E-state index in [1.165, 1.54) is 0 Å². The number of carbonyl (C=O) groups excluding carboxylic acids is 1. The van der Waals surface area contributed by atoms with Crippen LogP contribution < -0.4 is 9.47 Å². The Morgan fingerprint density at radius 3 is 2.54 bits per heavy atom. The first-order chi connectivity index (χ1) is 23.9. The summed E-state index contributed by atoms with van der Waals surface area (Å²) in [6.45, 7) is 10.9. The molecule has 0 N–H and O–H groups in total. The monoisotopic (exact) mass is 686 g/mol. The molecule has 0 radical (unpaired) electrons. The van der Waals surface area contributed by atoms with Gasteiger partial charge in [-0.25, -0.2) is 14.2 Å². The highest BCUT2D eigenvalue weighted by Gasteiger charge is 2.30. The fourth-order valence-electron chi connectivity index (χ4n) is 7.14. The lowest BCUT2D eigenvalue weighted by Gasteiger charge is -2.33. The maximum Gasteiger partial charge on any atom is 0.410 e. The molecule has 6 heterocycles. The lowest BCUT2D eigenvalue weighted by Crippen LogP contribution is -2.44. The van der Waals surface area contributed by atoms with Crippen molar-refractivity contribution in [2.45, 2.75) is 90.4 Å². The third-order valence-electron chi connectivity index (χ3n) is 9.61. The number of amides is 1. The molecule has 4 aromatic rings. The number of benzene rings is 1. The summed E-state index contributed by atoms with van der Waals surface area (Å²) in [5, 5.41) is 15.6. The minimum Gasteiger partial charge on any atom is -0.473 e. The van der Waals surface area contributed by atoms with Gasteiger partial charge in [0.05, 0.1) is 34.2 Å². The molecule has 2 atom stereocenters. The number of carbonyl (C=O) groups is 1. The van der Waals surface area contributed by atoms with Gasteiger partial charge in [-0.05, 0) is 83.9 Å². The second-order valence-electron chi connectivity index (χ2n) is 14.9. The first-order valence-electron chi connectivity index (χ1n) is 17.8. The summed E-state index contributed by atoms with van der Waals surface area (Å²) in [6.07, 6.45) is 9.93. The summed E-state index contributed by atoms with van der Waals surface area (Å²) >= 11 is 0. The number of likely N-dealkylation sites (N-methyl/N-ethyl adjacent to an activating group) is 1. The normalized spacial score (nSPS) is 21.6. The number of likely N-dealkylation sites (tertiary alicyclic amines) is 1. The topological polar surface area (TPSA) is 114 Å². The Hall–Kier alpha value is -4.36. The average molecular weight is 687 g/mol. The summed E-state index contributed by atoms with van der Waals surface area (Å²) in [5.41, 5.74) is 5.22. The maximum absolute atomic E-state index is 12.7. The summed E-state index contributed by atoms with van der Waals surface area (Å²) in [4.78, 5) is 16.7. The Balaban J connectivity index is 1.26. The van der Waals surface area contributed by atoms with Crippen molar-refractivity contribution in [3.8, 4) is 22.9 Å². The Labute approximate surface area is 293 Å². The van der Waals surface area contributed by atoms with Crippen LogP contribution in [0.1, 0.15) is 83.0 Å². The average Bonchev–Trinajstić information content (AvgIpc) is 3.71. The minimum absolute atomic E-state index is 0.0815. The summed E-state index contributed by atoms with van der Waals surface area (Å²) in [5.74, 6) is 1.31. The highest BCUT2D eigenvalue weighted by molar-refractivity contribution is 5.93. The molecule has 1 unspecified atom stereocenters. The van der Waals surface area contributed by atoms with Crippen molar-refractivity contribution < 1.29 is 23.7 Å². The van der Waals surface area contributed by atoms with Crippen LogP contribution in [-0.4, -0.2) is 96.3 Å². The van der Waals surface area contributed by atoms with E-state index in [2.05, 4.69) is 54.3 Å². The van der Waals surface area contributed by atoms with Crippen LogP contribution in [0.5, 0.6) is 11.8 Å². The van der Waals surface area contributed by atoms with Gasteiger partial charge in [0.2, 0.25) is 11.8 Å². The first kappa shape index (κ1) is 34.1. The molecule has 13 nitrogen and oxygen atoms in total. The highest BCUT2D eigenvalue weighted by atomic mass is 16.6. The molecule has 0 aliphatic carbocycles. The van der Waals surface area contributed by atoms with Crippen LogP contribution in [0.2, 0.25) is 0 Å². The third kappa shape index (κ3) is 7.11. The van der Waals surface area contributed by atoms with E-state index in [-0.39, 0.29) is 24.5 Å². The number of rotatable bonds is 3. The van der Waals surface area contributed by atoms with E-state index >= 15 is 0 Å². The lowest BCUT2D eigenvalue weighted by atomic mass is 10.0. The molecule has 2 saturated heterocycles. The lowest BCUT2D eigenvalue weighted by molar-refractivity contribution is -0.0367. The van der Waals surface area contributed by atoms with E-state index in [1.54, 1.807) is 9.58 Å². The molecule has 3 aromatic heterocycles. The van der Waals surface area contributed by atoms with Crippen LogP contribution in [0.25, 0.3) is 34.2 Å². The van der Waals surface area contributed by atoms with Crippen LogP contribution in [-0.2, 0) is 30.1 Å². The number of hydrogen-bond donors (Lipinski definition) is 0. The Bertz CT molecular complexity index is 1870. The van der Waals surface area contributed by atoms with E-state index < -0.39 is 5.60 Å². The number of nitrogens with zero attached hydrogens (tertiary/aromatic N) is 8. The molecule has 3 aliphatic heterocycles. The van der Waals surface area contributed by atoms with Crippen LogP contribution in [0.15, 0.2) is 24.4 Å². The standard InChI is InChI=1S/C37H50N8O5/c1-24-22-41(5)23-32-27(34(40-42(32)6)49-26-15-17-44(18-16-26)36(46)50-37(2,3)4)12-13-30-28-20-25(29-21-38-43(7)35(29)48-24)11-14-31(28)45(39-30)33-10-8-9-19-47-33/h11-14,20-21,24,26,33H,8-10,15-19,22-23H2,1-7H3/b13-12-/t24-,33?/m0/s1. The molecule has 2 fully saturated rings. The van der Waals surface area contributed by atoms with Gasteiger partial charge < -0.3 is 23.8 Å². The van der Waals surface area contributed by atoms with Crippen molar-refractivity contribution in [2.24, 2.45) is 14.1 Å². The zero-order chi connectivity index (χ0) is 35.2. The van der Waals surface area contributed by atoms with Gasteiger partial charge in [-0.1, -0.05) is 6.07 Å². The molecule has 7 rings (SSSR count). The van der Waals surface area contributed by atoms with E-state index in [0.29, 0.717) is 44.9 Å². The molecule has 2 bridgehead atoms. The van der Waals surface area contributed by atoms with Gasteiger partial charge in [-0.3, -0.25) is 9.58 Å². The van der Waals surface area contributed by atoms with Gasteiger partial charge in [0.1, 0.15) is 17.8 Å². The number of aryl methyl sites for hydroxylation is 2. The molecule has 13 heteroatoms.